The van der Waals surface area contributed by atoms with Crippen molar-refractivity contribution in [3.05, 3.63) is 29.8 Å². The molecule has 5 nitrogen and oxygen atoms in total. The Hall–Kier alpha value is -1.59. The molecule has 0 bridgehead atoms. The van der Waals surface area contributed by atoms with E-state index in [1.807, 2.05) is 18.2 Å². The molecule has 1 aliphatic heterocycles. The average Bonchev–Trinajstić information content (AvgIpc) is 2.70. The van der Waals surface area contributed by atoms with Gasteiger partial charge in [0.05, 0.1) is 12.6 Å². The summed E-state index contributed by atoms with van der Waals surface area (Å²) in [5, 5.41) is 6.25. The van der Waals surface area contributed by atoms with Gasteiger partial charge in [0.15, 0.2) is 0 Å². The number of methoxy groups -OCH3 is 1. The maximum absolute atomic E-state index is 11.7. The Balaban J connectivity index is 1.84. The summed E-state index contributed by atoms with van der Waals surface area (Å²) in [4.78, 5) is 11.7. The van der Waals surface area contributed by atoms with Gasteiger partial charge in [0.2, 0.25) is 5.91 Å². The first-order valence-corrected chi connectivity index (χ1v) is 7.31. The molecule has 1 heterocycles. The molecule has 0 spiro atoms. The number of amides is 1. The highest BCUT2D eigenvalue weighted by molar-refractivity contribution is 5.76. The highest BCUT2D eigenvalue weighted by atomic mass is 16.5. The van der Waals surface area contributed by atoms with E-state index in [-0.39, 0.29) is 17.6 Å². The topological polar surface area (TPSA) is 59.6 Å². The third-order valence-electron chi connectivity index (χ3n) is 3.63. The fraction of sp³-hybridized carbons (Fsp3) is 0.562. The summed E-state index contributed by atoms with van der Waals surface area (Å²) >= 11 is 0. The molecule has 1 atom stereocenters. The molecule has 0 fully saturated rings. The molecule has 0 aromatic heterocycles. The monoisotopic (exact) mass is 292 g/mol. The van der Waals surface area contributed by atoms with E-state index in [1.54, 1.807) is 7.11 Å². The molecule has 1 amide bonds. The van der Waals surface area contributed by atoms with Crippen molar-refractivity contribution in [2.75, 3.05) is 26.8 Å². The molecule has 21 heavy (non-hydrogen) atoms. The average molecular weight is 292 g/mol. The Morgan fingerprint density at radius 2 is 2.10 bits per heavy atom. The maximum atomic E-state index is 11.7. The molecule has 1 aromatic carbocycles. The quantitative estimate of drug-likeness (QED) is 0.750. The van der Waals surface area contributed by atoms with Crippen LogP contribution < -0.4 is 15.4 Å². The Labute approximate surface area is 126 Å². The number of ether oxygens (including phenoxy) is 2. The van der Waals surface area contributed by atoms with Crippen LogP contribution in [0, 0.1) is 0 Å². The molecular weight excluding hydrogens is 268 g/mol. The number of nitrogens with one attached hydrogen (secondary N) is 2. The van der Waals surface area contributed by atoms with Gasteiger partial charge < -0.3 is 20.1 Å². The first-order chi connectivity index (χ1) is 10.0. The zero-order chi connectivity index (χ0) is 15.3. The summed E-state index contributed by atoms with van der Waals surface area (Å²) in [7, 11) is 1.62. The van der Waals surface area contributed by atoms with E-state index in [9.17, 15) is 4.79 Å². The summed E-state index contributed by atoms with van der Waals surface area (Å²) in [5.74, 6) is 0.953. The Morgan fingerprint density at radius 3 is 2.86 bits per heavy atom. The van der Waals surface area contributed by atoms with E-state index in [0.29, 0.717) is 26.1 Å². The normalized spacial score (nSPS) is 18.9. The molecule has 0 saturated heterocycles. The molecule has 0 aliphatic carbocycles. The summed E-state index contributed by atoms with van der Waals surface area (Å²) < 4.78 is 10.9. The Kier molecular flexibility index (Phi) is 5.20. The number of carbonyl (C=O) groups is 1. The van der Waals surface area contributed by atoms with Gasteiger partial charge in [0, 0.05) is 32.2 Å². The highest BCUT2D eigenvalue weighted by Crippen LogP contribution is 2.42. The largest absolute Gasteiger partial charge is 0.486 e. The second-order valence-electron chi connectivity index (χ2n) is 5.72. The number of carbonyl (C=O) groups excluding carboxylic acids is 1. The van der Waals surface area contributed by atoms with E-state index in [0.717, 1.165) is 11.3 Å². The van der Waals surface area contributed by atoms with Crippen molar-refractivity contribution in [1.82, 2.24) is 10.6 Å². The van der Waals surface area contributed by atoms with Crippen LogP contribution in [0.1, 0.15) is 31.9 Å². The number of hydrogen-bond acceptors (Lipinski definition) is 4. The molecule has 2 rings (SSSR count). The van der Waals surface area contributed by atoms with Gasteiger partial charge in [0.1, 0.15) is 11.4 Å². The minimum atomic E-state index is -0.309. The van der Waals surface area contributed by atoms with E-state index in [2.05, 4.69) is 30.5 Å². The number of rotatable bonds is 7. The molecule has 1 aromatic rings. The van der Waals surface area contributed by atoms with Crippen molar-refractivity contribution < 1.29 is 14.3 Å². The van der Waals surface area contributed by atoms with Crippen LogP contribution in [0.5, 0.6) is 5.75 Å². The molecule has 1 unspecified atom stereocenters. The number of benzene rings is 1. The van der Waals surface area contributed by atoms with Gasteiger partial charge in [-0.15, -0.1) is 0 Å². The number of fused-ring (bicyclic) bond motifs is 1. The predicted molar refractivity (Wildman–Crippen MR) is 81.4 cm³/mol. The van der Waals surface area contributed by atoms with Gasteiger partial charge in [-0.05, 0) is 19.9 Å². The van der Waals surface area contributed by atoms with Crippen molar-refractivity contribution in [2.24, 2.45) is 0 Å². The highest BCUT2D eigenvalue weighted by Gasteiger charge is 2.40. The minimum Gasteiger partial charge on any atom is -0.486 e. The molecule has 5 heteroatoms. The van der Waals surface area contributed by atoms with Crippen LogP contribution in [0.25, 0.3) is 0 Å². The van der Waals surface area contributed by atoms with Crippen LogP contribution >= 0.6 is 0 Å². The zero-order valence-electron chi connectivity index (χ0n) is 12.9. The Bertz CT molecular complexity index is 488. The number of para-hydroxylation sites is 1. The lowest BCUT2D eigenvalue weighted by Gasteiger charge is -2.27. The Morgan fingerprint density at radius 1 is 1.33 bits per heavy atom. The van der Waals surface area contributed by atoms with Crippen molar-refractivity contribution in [1.29, 1.82) is 0 Å². The van der Waals surface area contributed by atoms with E-state index in [1.165, 1.54) is 0 Å². The first-order valence-electron chi connectivity index (χ1n) is 7.31. The van der Waals surface area contributed by atoms with Crippen molar-refractivity contribution in [2.45, 2.75) is 31.9 Å². The van der Waals surface area contributed by atoms with E-state index >= 15 is 0 Å². The van der Waals surface area contributed by atoms with Crippen LogP contribution in [0.4, 0.5) is 0 Å². The smallest absolute Gasteiger partial charge is 0.221 e. The molecule has 0 saturated carbocycles. The third kappa shape index (κ3) is 3.95. The van der Waals surface area contributed by atoms with Crippen LogP contribution in [-0.4, -0.2) is 38.3 Å². The van der Waals surface area contributed by atoms with Gasteiger partial charge in [-0.2, -0.15) is 0 Å². The van der Waals surface area contributed by atoms with Gasteiger partial charge in [-0.1, -0.05) is 18.2 Å². The van der Waals surface area contributed by atoms with Crippen LogP contribution in [0.3, 0.4) is 0 Å². The predicted octanol–water partition coefficient (Wildman–Crippen LogP) is 1.64. The summed E-state index contributed by atoms with van der Waals surface area (Å²) in [5.41, 5.74) is 0.846. The fourth-order valence-corrected chi connectivity index (χ4v) is 2.60. The summed E-state index contributed by atoms with van der Waals surface area (Å²) in [6, 6.07) is 8.13. The fourth-order valence-electron chi connectivity index (χ4n) is 2.60. The molecule has 0 radical (unpaired) electrons. The van der Waals surface area contributed by atoms with Gasteiger partial charge in [-0.25, -0.2) is 0 Å². The second kappa shape index (κ2) is 6.91. The van der Waals surface area contributed by atoms with Crippen LogP contribution in [0.15, 0.2) is 24.3 Å². The second-order valence-corrected chi connectivity index (χ2v) is 5.72. The van der Waals surface area contributed by atoms with Crippen molar-refractivity contribution >= 4 is 5.91 Å². The van der Waals surface area contributed by atoms with E-state index in [4.69, 9.17) is 9.47 Å². The van der Waals surface area contributed by atoms with Crippen LogP contribution in [-0.2, 0) is 9.53 Å². The van der Waals surface area contributed by atoms with Gasteiger partial charge in [-0.3, -0.25) is 4.79 Å². The molecule has 116 valence electrons. The lowest BCUT2D eigenvalue weighted by Crippen LogP contribution is -2.40. The van der Waals surface area contributed by atoms with Gasteiger partial charge in [0.25, 0.3) is 0 Å². The third-order valence-corrected chi connectivity index (χ3v) is 3.63. The van der Waals surface area contributed by atoms with Crippen LogP contribution in [0.2, 0.25) is 0 Å². The summed E-state index contributed by atoms with van der Waals surface area (Å²) in [6.45, 7) is 5.82. The minimum absolute atomic E-state index is 0.0320. The molecule has 2 N–H and O–H groups in total. The standard InChI is InChI=1S/C16H24N2O3/c1-16(2)15(12-6-4-5-7-13(12)21-16)18-9-8-14(19)17-10-11-20-3/h4-7,15,18H,8-11H2,1-3H3,(H,17,19). The van der Waals surface area contributed by atoms with Gasteiger partial charge >= 0.3 is 0 Å². The van der Waals surface area contributed by atoms with E-state index < -0.39 is 0 Å². The SMILES string of the molecule is COCCNC(=O)CCNC1c2ccccc2OC1(C)C. The zero-order valence-corrected chi connectivity index (χ0v) is 12.9. The van der Waals surface area contributed by atoms with Crippen molar-refractivity contribution in [3.63, 3.8) is 0 Å². The summed E-state index contributed by atoms with van der Waals surface area (Å²) in [6.07, 6.45) is 0.443. The molecular formula is C16H24N2O3. The maximum Gasteiger partial charge on any atom is 0.221 e. The first kappa shape index (κ1) is 15.8. The molecule has 1 aliphatic rings. The van der Waals surface area contributed by atoms with Crippen molar-refractivity contribution in [3.8, 4) is 5.75 Å². The lowest BCUT2D eigenvalue weighted by atomic mass is 9.94. The lowest BCUT2D eigenvalue weighted by molar-refractivity contribution is -0.121. The number of hydrogen-bond donors (Lipinski definition) is 2.